The number of fused-ring (bicyclic) bond motifs is 10. The molecule has 0 aliphatic heterocycles. The summed E-state index contributed by atoms with van der Waals surface area (Å²) in [6.45, 7) is 46.4. The van der Waals surface area contributed by atoms with Crippen LogP contribution >= 0.6 is 0 Å². The van der Waals surface area contributed by atoms with Crippen LogP contribution in [0.4, 0.5) is 14.4 Å². The first-order valence-corrected chi connectivity index (χ1v) is 51.8. The third-order valence-electron chi connectivity index (χ3n) is 22.2. The van der Waals surface area contributed by atoms with Crippen molar-refractivity contribution >= 4 is 97.0 Å². The predicted octanol–water partition coefficient (Wildman–Crippen LogP) is 21.2. The molecule has 34 heteroatoms. The molecular formula is C106H143ArN9O23Si. The molecule has 0 bridgehead atoms. The van der Waals surface area contributed by atoms with Gasteiger partial charge in [-0.15, -0.1) is 0 Å². The summed E-state index contributed by atoms with van der Waals surface area (Å²) in [4.78, 5) is 188. The SMILES string of the molecule is C=CC(C)=O.CC.CCOC(=O)c1c[nH]c2c1-c1nc(C)ccc1CCC2.CCOC(=O)c1c[nH]c2c1C(=O)CCCC2.CCOC(=O)c1cn(C(=O)OC(C)(C)C)c2c1C(=O)C(CCC(C)=O)CCC2.CCOC(=O)c1cn(C(=O)OC(C)(C)C)c2c1C(=O)CCCC2.CCOC(=O)c1cn(C(=O)OC(C)(C)C)c2c1C(O[Si](C)(C)C)=CCCC2.Cc1ccc2c(n1)-c1c(C(N)=O)c[nH]c1CCC2.[Ar]. The Morgan fingerprint density at radius 3 is 1.21 bits per heavy atom. The van der Waals surface area contributed by atoms with Crippen molar-refractivity contribution in [1.82, 2.24) is 38.6 Å². The van der Waals surface area contributed by atoms with Gasteiger partial charge in [0.25, 0.3) is 5.91 Å². The van der Waals surface area contributed by atoms with E-state index in [2.05, 4.69) is 63.3 Å². The van der Waals surface area contributed by atoms with Crippen molar-refractivity contribution < 1.29 is 147 Å². The van der Waals surface area contributed by atoms with E-state index in [-0.39, 0.29) is 115 Å². The number of hydrogen-bond acceptors (Lipinski definition) is 25. The van der Waals surface area contributed by atoms with E-state index in [4.69, 9.17) is 48.1 Å². The minimum absolute atomic E-state index is 0. The summed E-state index contributed by atoms with van der Waals surface area (Å²) in [7, 11) is -1.91. The van der Waals surface area contributed by atoms with Crippen molar-refractivity contribution in [1.29, 1.82) is 0 Å². The Labute approximate surface area is 852 Å². The largest absolute Gasteiger partial charge is 0.544 e. The molecule has 1 amide bonds. The zero-order chi connectivity index (χ0) is 103. The van der Waals surface area contributed by atoms with Gasteiger partial charge in [-0.2, -0.15) is 0 Å². The quantitative estimate of drug-likeness (QED) is 0.0216. The molecule has 14 rings (SSSR count). The monoisotopic (exact) mass is 1980 g/mol. The van der Waals surface area contributed by atoms with Crippen molar-refractivity contribution in [3.05, 3.63) is 192 Å². The molecule has 0 spiro atoms. The molecule has 6 aliphatic rings. The van der Waals surface area contributed by atoms with Crippen LogP contribution in [0, 0.1) is 57.5 Å². The number of carbonyl (C=O) groups is 14. The number of nitrogens with zero attached hydrogens (tertiary/aromatic N) is 5. The second kappa shape index (κ2) is 53.8. The number of pyridine rings is 2. The van der Waals surface area contributed by atoms with Gasteiger partial charge in [-0.05, 0) is 302 Å². The number of rotatable bonds is 17. The van der Waals surface area contributed by atoms with Gasteiger partial charge in [-0.25, -0.2) is 38.4 Å². The number of allylic oxidation sites excluding steroid dienone is 2. The average Bonchev–Trinajstić information content (AvgIpc) is 1.59. The van der Waals surface area contributed by atoms with Crippen molar-refractivity contribution in [2.75, 3.05) is 33.0 Å². The number of Topliss-reactive ketones (excluding diaryl/α,β-unsaturated/α-hetero) is 4. The number of amides is 1. The smallest absolute Gasteiger partial charge is 0.418 e. The van der Waals surface area contributed by atoms with Crippen LogP contribution in [-0.4, -0.2) is 180 Å². The van der Waals surface area contributed by atoms with Gasteiger partial charge in [0.1, 0.15) is 28.3 Å². The van der Waals surface area contributed by atoms with Crippen LogP contribution in [0.1, 0.15) is 370 Å². The van der Waals surface area contributed by atoms with Crippen LogP contribution in [0.15, 0.2) is 80.2 Å². The number of ether oxygens (including phenoxy) is 8. The maximum atomic E-state index is 13.2. The summed E-state index contributed by atoms with van der Waals surface area (Å²) in [5, 5.41) is 0. The number of nitrogens with two attached hydrogens (primary N) is 1. The van der Waals surface area contributed by atoms with Gasteiger partial charge in [0.15, 0.2) is 23.1 Å². The Balaban J connectivity index is 0.000000255. The van der Waals surface area contributed by atoms with Crippen molar-refractivity contribution in [3.8, 4) is 22.5 Å². The Kier molecular flexibility index (Phi) is 45.0. The number of hydrogen-bond donors (Lipinski definition) is 4. The van der Waals surface area contributed by atoms with E-state index in [1.807, 2.05) is 73.6 Å². The fourth-order valence-corrected chi connectivity index (χ4v) is 17.2. The van der Waals surface area contributed by atoms with E-state index >= 15 is 0 Å². The topological polar surface area (TPSA) is 436 Å². The zero-order valence-corrected chi connectivity index (χ0v) is 87.6. The van der Waals surface area contributed by atoms with E-state index in [0.29, 0.717) is 127 Å². The molecule has 1 unspecified atom stereocenters. The average molecular weight is 1980 g/mol. The fraction of sp³-hybridized carbons (Fsp3) is 0.509. The number of aromatic nitrogens is 8. The third kappa shape index (κ3) is 32.7. The molecule has 32 nitrogen and oxygen atoms in total. The Bertz CT molecular complexity index is 5820. The number of esters is 5. The molecular weight excluding hydrogens is 1840 g/mol. The van der Waals surface area contributed by atoms with Crippen LogP contribution in [0.2, 0.25) is 19.6 Å². The summed E-state index contributed by atoms with van der Waals surface area (Å²) >= 11 is 0. The Morgan fingerprint density at radius 1 is 0.457 bits per heavy atom. The normalized spacial score (nSPS) is 14.3. The zero-order valence-electron chi connectivity index (χ0n) is 85.9. The molecule has 8 aromatic heterocycles. The first kappa shape index (κ1) is 117. The second-order valence-corrected chi connectivity index (χ2v) is 42.3. The van der Waals surface area contributed by atoms with Crippen molar-refractivity contribution in [3.63, 3.8) is 0 Å². The molecule has 8 aromatic rings. The Morgan fingerprint density at radius 2 is 0.800 bits per heavy atom. The van der Waals surface area contributed by atoms with Crippen LogP contribution in [-0.2, 0) is 103 Å². The van der Waals surface area contributed by atoms with Crippen molar-refractivity contribution in [2.45, 2.75) is 316 Å². The molecule has 1 atom stereocenters. The van der Waals surface area contributed by atoms with E-state index in [1.165, 1.54) is 63.3 Å². The summed E-state index contributed by atoms with van der Waals surface area (Å²) in [6.07, 6.45) is 27.4. The minimum atomic E-state index is -1.91. The van der Waals surface area contributed by atoms with E-state index < -0.39 is 73.2 Å². The van der Waals surface area contributed by atoms with E-state index in [1.54, 1.807) is 87.8 Å². The van der Waals surface area contributed by atoms with Gasteiger partial charge < -0.3 is 67.8 Å². The maximum absolute atomic E-state index is 13.2. The van der Waals surface area contributed by atoms with Gasteiger partial charge >= 0.3 is 48.1 Å². The number of aryl methyl sites for hydroxylation is 7. The number of ketones is 5. The molecule has 0 aromatic carbocycles. The summed E-state index contributed by atoms with van der Waals surface area (Å²) in [5.74, 6) is -2.68. The van der Waals surface area contributed by atoms with Crippen LogP contribution in [0.5, 0.6) is 0 Å². The first-order chi connectivity index (χ1) is 65.6. The van der Waals surface area contributed by atoms with Crippen LogP contribution in [0.25, 0.3) is 28.3 Å². The molecule has 0 saturated heterocycles. The summed E-state index contributed by atoms with van der Waals surface area (Å²) < 4.78 is 52.1. The molecule has 0 saturated carbocycles. The molecule has 762 valence electrons. The maximum Gasteiger partial charge on any atom is 0.418 e. The van der Waals surface area contributed by atoms with E-state index in [9.17, 15) is 67.1 Å². The standard InChI is InChI=1S/C21H29NO6.C20H31NO5Si.C17H23NO5.C16H18N2O2.C14H15N3O.C12H15NO3.C4H6O.C2H6.Ar/c1-6-27-19(25)15-12-22(20(26)28-21(3,4)5)16-9-7-8-14(11-10-13(2)23)18(24)17(15)16;1-8-24-18(22)14-13-21(19(23)25-20(2,3)4)15-11-9-10-12-16(17(14)15)26-27(5,6)7;1-5-22-15(20)11-10-18(16(21)23-17(2,3)4)12-8-6-7-9-13(19)14(11)12;1-3-20-16(19)12-9-17-13-6-4-5-11-8-7-10(2)18-15(11)14(12)13;1-8-5-6-9-3-2-4-11-12(13(9)17-8)10(7-16-11)14(15)18;1-2-16-12(15)8-7-13-9-5-3-4-6-10(14)11(8)9;1-3-4(2)5;1-2;/h12,14H,6-11H2,1-5H3;12-13H,8-11H2,1-7H3;10H,5-9H2,1-4H3;7-9,17H,3-6H2,1-2H3;5-7,16H,2-4H2,1H3,(H2,15,18);7,13H,2-6H2,1H3;3H,1H2,2H3;1-2H3;. The fourth-order valence-electron chi connectivity index (χ4n) is 16.4. The number of nitrogens with one attached hydrogen (secondary N) is 3. The summed E-state index contributed by atoms with van der Waals surface area (Å²) in [5.41, 5.74) is 20.1. The molecule has 140 heavy (non-hydrogen) atoms. The predicted molar refractivity (Wildman–Crippen MR) is 531 cm³/mol. The van der Waals surface area contributed by atoms with Gasteiger partial charge in [0.05, 0.1) is 100 Å². The number of carbonyl (C=O) groups excluding carboxylic acids is 14. The molecule has 6 aliphatic carbocycles. The third-order valence-corrected chi connectivity index (χ3v) is 23.0. The molecule has 0 fully saturated rings. The first-order valence-electron chi connectivity index (χ1n) is 48.3. The van der Waals surface area contributed by atoms with Gasteiger partial charge in [-0.3, -0.25) is 47.6 Å². The van der Waals surface area contributed by atoms with Crippen LogP contribution < -0.4 is 5.73 Å². The number of H-pyrrole nitrogens is 3. The molecule has 8 heterocycles. The van der Waals surface area contributed by atoms with Crippen LogP contribution in [0.3, 0.4) is 0 Å². The van der Waals surface area contributed by atoms with Crippen molar-refractivity contribution in [2.24, 2.45) is 11.7 Å². The molecule has 0 radical (unpaired) electrons. The molecule has 5 N–H and O–H groups in total. The number of aromatic amines is 3. The van der Waals surface area contributed by atoms with Gasteiger partial charge in [0.2, 0.25) is 8.32 Å². The summed E-state index contributed by atoms with van der Waals surface area (Å²) in [6, 6.07) is 8.26. The van der Waals surface area contributed by atoms with E-state index in [0.717, 1.165) is 140 Å². The Hall–Kier alpha value is -11.7. The van der Waals surface area contributed by atoms with Gasteiger partial charge in [-0.1, -0.05) is 32.6 Å². The second-order valence-electron chi connectivity index (χ2n) is 37.9. The van der Waals surface area contributed by atoms with Gasteiger partial charge in [0, 0.05) is 157 Å². The minimum Gasteiger partial charge on any atom is -0.544 e. The number of primary amides is 1.